The van der Waals surface area contributed by atoms with Crippen molar-refractivity contribution in [2.75, 3.05) is 33.0 Å². The number of aromatic nitrogens is 2. The maximum Gasteiger partial charge on any atom is 0.264 e. The number of hydrogen-bond acceptors (Lipinski definition) is 6. The van der Waals surface area contributed by atoms with Gasteiger partial charge in [-0.1, -0.05) is 17.9 Å². The van der Waals surface area contributed by atoms with Crippen LogP contribution in [0.3, 0.4) is 0 Å². The molecule has 5 rings (SSSR count). The van der Waals surface area contributed by atoms with E-state index in [-0.39, 0.29) is 17.7 Å². The third kappa shape index (κ3) is 6.65. The smallest absolute Gasteiger partial charge is 0.264 e. The van der Waals surface area contributed by atoms with Crippen LogP contribution in [0, 0.1) is 29.4 Å². The lowest BCUT2D eigenvalue weighted by Gasteiger charge is -2.22. The number of aliphatic hydroxyl groups excluding tert-OH is 1. The van der Waals surface area contributed by atoms with Crippen molar-refractivity contribution in [3.05, 3.63) is 106 Å². The van der Waals surface area contributed by atoms with Gasteiger partial charge in [-0.25, -0.2) is 8.78 Å². The Morgan fingerprint density at radius 1 is 1.14 bits per heavy atom. The van der Waals surface area contributed by atoms with Gasteiger partial charge in [0, 0.05) is 36.6 Å². The molecule has 1 fully saturated rings. The van der Waals surface area contributed by atoms with Crippen molar-refractivity contribution in [2.24, 2.45) is 5.92 Å². The number of carbonyl (C=O) groups excluding carboxylic acids is 1. The lowest BCUT2D eigenvalue weighted by atomic mass is 10.0. The molecule has 0 unspecified atom stereocenters. The molecule has 216 valence electrons. The number of aliphatic hydroxyl groups is 1. The topological polar surface area (TPSA) is 103 Å². The van der Waals surface area contributed by atoms with Crippen LogP contribution in [0.5, 0.6) is 5.75 Å². The van der Waals surface area contributed by atoms with Crippen molar-refractivity contribution in [3.8, 4) is 17.6 Å². The van der Waals surface area contributed by atoms with Crippen LogP contribution in [-0.2, 0) is 4.74 Å². The molecule has 3 heterocycles. The third-order valence-corrected chi connectivity index (χ3v) is 7.14. The second kappa shape index (κ2) is 13.4. The third-order valence-electron chi connectivity index (χ3n) is 7.14. The fourth-order valence-electron chi connectivity index (χ4n) is 4.81. The fourth-order valence-corrected chi connectivity index (χ4v) is 4.81. The second-order valence-corrected chi connectivity index (χ2v) is 9.90. The zero-order valence-corrected chi connectivity index (χ0v) is 22.7. The number of rotatable bonds is 8. The van der Waals surface area contributed by atoms with E-state index in [9.17, 15) is 23.5 Å². The van der Waals surface area contributed by atoms with E-state index in [0.29, 0.717) is 18.1 Å². The molecule has 1 aliphatic rings. The number of nitrogens with zero attached hydrogens (tertiary/aromatic N) is 2. The molecule has 42 heavy (non-hydrogen) atoms. The number of fused-ring (bicyclic) bond motifs is 1. The van der Waals surface area contributed by atoms with Crippen LogP contribution in [0.2, 0.25) is 0 Å². The largest absolute Gasteiger partial charge is 0.493 e. The summed E-state index contributed by atoms with van der Waals surface area (Å²) in [5.74, 6) is 4.28. The Kier molecular flexibility index (Phi) is 9.21. The number of benzene rings is 2. The Balaban J connectivity index is 1.26. The second-order valence-electron chi connectivity index (χ2n) is 9.90. The molecule has 2 N–H and O–H groups in total. The summed E-state index contributed by atoms with van der Waals surface area (Å²) in [6, 6.07) is 12.3. The van der Waals surface area contributed by atoms with Gasteiger partial charge in [0.15, 0.2) is 11.6 Å². The average Bonchev–Trinajstić information content (AvgIpc) is 3.01. The van der Waals surface area contributed by atoms with Crippen LogP contribution in [0.1, 0.15) is 40.4 Å². The first-order valence-corrected chi connectivity index (χ1v) is 13.6. The molecule has 0 bridgehead atoms. The van der Waals surface area contributed by atoms with Crippen molar-refractivity contribution < 1.29 is 28.2 Å². The van der Waals surface area contributed by atoms with Gasteiger partial charge in [-0.2, -0.15) is 0 Å². The number of carbonyl (C=O) groups is 1. The zero-order chi connectivity index (χ0) is 29.5. The number of halogens is 2. The van der Waals surface area contributed by atoms with E-state index in [0.717, 1.165) is 59.4 Å². The molecule has 0 spiro atoms. The van der Waals surface area contributed by atoms with Crippen LogP contribution in [0.15, 0.2) is 71.8 Å². The number of hydrogen-bond donors (Lipinski definition) is 2. The van der Waals surface area contributed by atoms with Crippen LogP contribution in [0.25, 0.3) is 10.9 Å². The van der Waals surface area contributed by atoms with E-state index in [2.05, 4.69) is 22.1 Å². The Hall–Kier alpha value is -4.59. The van der Waals surface area contributed by atoms with E-state index >= 15 is 0 Å². The van der Waals surface area contributed by atoms with Crippen LogP contribution < -0.4 is 15.6 Å². The lowest BCUT2D eigenvalue weighted by molar-refractivity contribution is 0.0500. The molecule has 4 aromatic rings. The summed E-state index contributed by atoms with van der Waals surface area (Å²) in [5, 5.41) is 13.3. The monoisotopic (exact) mass is 573 g/mol. The highest BCUT2D eigenvalue weighted by molar-refractivity contribution is 5.94. The van der Waals surface area contributed by atoms with Gasteiger partial charge in [-0.3, -0.25) is 14.6 Å². The van der Waals surface area contributed by atoms with Gasteiger partial charge < -0.3 is 24.5 Å². The Morgan fingerprint density at radius 2 is 1.98 bits per heavy atom. The summed E-state index contributed by atoms with van der Waals surface area (Å²) in [4.78, 5) is 30.3. The maximum atomic E-state index is 13.8. The maximum absolute atomic E-state index is 13.8. The SMILES string of the molecule is O=C(NCC#Cc1ccc2nccc(OCC3CCOCC3)c2c1)c1cccn([C@H](CO)c2ccc(F)c(F)c2)c1=O. The van der Waals surface area contributed by atoms with Gasteiger partial charge in [0.25, 0.3) is 11.5 Å². The van der Waals surface area contributed by atoms with Crippen LogP contribution in [0.4, 0.5) is 8.78 Å². The Morgan fingerprint density at radius 3 is 2.76 bits per heavy atom. The Bertz CT molecular complexity index is 1710. The van der Waals surface area contributed by atoms with E-state index in [1.165, 1.54) is 24.4 Å². The van der Waals surface area contributed by atoms with Crippen molar-refractivity contribution >= 4 is 16.8 Å². The summed E-state index contributed by atoms with van der Waals surface area (Å²) >= 11 is 0. The molecule has 10 heteroatoms. The quantitative estimate of drug-likeness (QED) is 0.311. The first kappa shape index (κ1) is 28.9. The summed E-state index contributed by atoms with van der Waals surface area (Å²) in [6.07, 6.45) is 5.02. The molecule has 1 aliphatic heterocycles. The first-order chi connectivity index (χ1) is 20.4. The minimum Gasteiger partial charge on any atom is -0.493 e. The minimum absolute atomic E-state index is 0.0298. The molecular formula is C32H29F2N3O5. The zero-order valence-electron chi connectivity index (χ0n) is 22.7. The first-order valence-electron chi connectivity index (χ1n) is 13.6. The van der Waals surface area contributed by atoms with Gasteiger partial charge >= 0.3 is 0 Å². The number of nitrogens with one attached hydrogen (secondary N) is 1. The van der Waals surface area contributed by atoms with Crippen molar-refractivity contribution in [3.63, 3.8) is 0 Å². The molecule has 2 aromatic carbocycles. The highest BCUT2D eigenvalue weighted by Crippen LogP contribution is 2.26. The molecule has 1 atom stereocenters. The summed E-state index contributed by atoms with van der Waals surface area (Å²) in [5.41, 5.74) is 0.804. The normalized spacial score (nSPS) is 14.2. The predicted molar refractivity (Wildman–Crippen MR) is 152 cm³/mol. The standard InChI is InChI=1S/C32H29F2N3O5/c33-26-7-6-23(18-27(26)34)29(19-38)37-14-2-4-24(32(37)40)31(39)36-12-1-3-21-5-8-28-25(17-21)30(9-13-35-28)42-20-22-10-15-41-16-11-22/h2,4-9,13-14,17-18,22,29,38H,10-12,15-16,19-20H2,(H,36,39)/t29-/m1/s1. The molecule has 0 saturated carbocycles. The molecule has 2 aromatic heterocycles. The highest BCUT2D eigenvalue weighted by Gasteiger charge is 2.20. The van der Waals surface area contributed by atoms with Gasteiger partial charge in [0.1, 0.15) is 11.3 Å². The molecule has 1 saturated heterocycles. The molecular weight excluding hydrogens is 544 g/mol. The van der Waals surface area contributed by atoms with E-state index in [1.54, 1.807) is 6.20 Å². The fraction of sp³-hybridized carbons (Fsp3) is 0.281. The molecule has 0 aliphatic carbocycles. The number of ether oxygens (including phenoxy) is 2. The van der Waals surface area contributed by atoms with Gasteiger partial charge in [0.05, 0.1) is 31.3 Å². The number of pyridine rings is 2. The van der Waals surface area contributed by atoms with Gasteiger partial charge in [0.2, 0.25) is 0 Å². The van der Waals surface area contributed by atoms with E-state index in [1.807, 2.05) is 24.3 Å². The summed E-state index contributed by atoms with van der Waals surface area (Å²) < 4.78 is 39.8. The predicted octanol–water partition coefficient (Wildman–Crippen LogP) is 3.84. The lowest BCUT2D eigenvalue weighted by Crippen LogP contribution is -2.35. The molecule has 8 nitrogen and oxygen atoms in total. The van der Waals surface area contributed by atoms with Crippen molar-refractivity contribution in [1.82, 2.24) is 14.9 Å². The van der Waals surface area contributed by atoms with Gasteiger partial charge in [-0.15, -0.1) is 0 Å². The number of amides is 1. The van der Waals surface area contributed by atoms with Crippen molar-refractivity contribution in [2.45, 2.75) is 18.9 Å². The minimum atomic E-state index is -1.10. The van der Waals surface area contributed by atoms with E-state index < -0.39 is 35.7 Å². The van der Waals surface area contributed by atoms with Crippen molar-refractivity contribution in [1.29, 1.82) is 0 Å². The van der Waals surface area contributed by atoms with E-state index in [4.69, 9.17) is 9.47 Å². The van der Waals surface area contributed by atoms with Gasteiger partial charge in [-0.05, 0) is 72.9 Å². The summed E-state index contributed by atoms with van der Waals surface area (Å²) in [7, 11) is 0. The summed E-state index contributed by atoms with van der Waals surface area (Å²) in [6.45, 7) is 1.51. The van der Waals surface area contributed by atoms with Crippen LogP contribution in [-0.4, -0.2) is 53.5 Å². The van der Waals surface area contributed by atoms with Crippen LogP contribution >= 0.6 is 0 Å². The molecule has 0 radical (unpaired) electrons. The Labute approximate surface area is 240 Å². The average molecular weight is 574 g/mol. The molecule has 1 amide bonds. The highest BCUT2D eigenvalue weighted by atomic mass is 19.2.